The van der Waals surface area contributed by atoms with Gasteiger partial charge in [0.15, 0.2) is 5.76 Å². The van der Waals surface area contributed by atoms with E-state index in [0.29, 0.717) is 17.3 Å². The van der Waals surface area contributed by atoms with Crippen molar-refractivity contribution >= 4 is 18.0 Å². The number of carbonyl (C=O) groups excluding carboxylic acids is 1. The predicted octanol–water partition coefficient (Wildman–Crippen LogP) is 5.19. The van der Waals surface area contributed by atoms with Gasteiger partial charge >= 0.3 is 5.88 Å². The lowest BCUT2D eigenvalue weighted by Gasteiger charge is -2.64. The Bertz CT molecular complexity index is 840. The molecule has 0 radical (unpaired) electrons. The Balaban J connectivity index is 1.18. The van der Waals surface area contributed by atoms with E-state index in [2.05, 4.69) is 10.5 Å². The highest BCUT2D eigenvalue weighted by Gasteiger charge is 2.59. The van der Waals surface area contributed by atoms with Gasteiger partial charge in [0, 0.05) is 6.42 Å². The summed E-state index contributed by atoms with van der Waals surface area (Å²) < 4.78 is 5.01. The molecule has 0 spiro atoms. The Morgan fingerprint density at radius 1 is 1.23 bits per heavy atom. The monoisotopic (exact) mass is 413 g/mol. The molecule has 1 aromatic heterocycles. The molecule has 2 unspecified atom stereocenters. The van der Waals surface area contributed by atoms with Crippen LogP contribution in [0.5, 0.6) is 0 Å². The molecule has 162 valence electrons. The van der Waals surface area contributed by atoms with Crippen LogP contribution in [0.1, 0.15) is 82.8 Å². The Morgan fingerprint density at radius 2 is 1.97 bits per heavy atom. The highest BCUT2D eigenvalue weighted by Crippen LogP contribution is 2.70. The van der Waals surface area contributed by atoms with E-state index < -0.39 is 4.92 Å². The van der Waals surface area contributed by atoms with Gasteiger partial charge in [0.2, 0.25) is 5.91 Å². The van der Waals surface area contributed by atoms with E-state index in [4.69, 9.17) is 4.42 Å². The molecule has 30 heavy (non-hydrogen) atoms. The van der Waals surface area contributed by atoms with Crippen molar-refractivity contribution in [2.24, 2.45) is 33.7 Å². The third kappa shape index (κ3) is 3.67. The highest BCUT2D eigenvalue weighted by atomic mass is 16.6. The van der Waals surface area contributed by atoms with Gasteiger partial charge in [-0.2, -0.15) is 5.10 Å². The first-order valence-corrected chi connectivity index (χ1v) is 11.5. The molecule has 5 aliphatic rings. The fraction of sp³-hybridized carbons (Fsp3) is 0.739. The number of nitrogens with one attached hydrogen (secondary N) is 1. The largest absolute Gasteiger partial charge is 0.433 e. The van der Waals surface area contributed by atoms with Crippen molar-refractivity contribution in [2.75, 3.05) is 0 Å². The molecule has 5 fully saturated rings. The smallest absolute Gasteiger partial charge is 0.400 e. The third-order valence-electron chi connectivity index (χ3n) is 8.50. The van der Waals surface area contributed by atoms with E-state index in [9.17, 15) is 14.9 Å². The fourth-order valence-corrected chi connectivity index (χ4v) is 7.95. The first kappa shape index (κ1) is 19.8. The van der Waals surface area contributed by atoms with E-state index >= 15 is 0 Å². The number of furan rings is 1. The summed E-state index contributed by atoms with van der Waals surface area (Å²) in [4.78, 5) is 22.5. The number of hydrogen-bond acceptors (Lipinski definition) is 5. The van der Waals surface area contributed by atoms with Crippen molar-refractivity contribution < 1.29 is 14.1 Å². The third-order valence-corrected chi connectivity index (χ3v) is 8.50. The van der Waals surface area contributed by atoms with Crippen molar-refractivity contribution in [3.8, 4) is 0 Å². The van der Waals surface area contributed by atoms with Crippen molar-refractivity contribution in [3.63, 3.8) is 0 Å². The van der Waals surface area contributed by atoms with Crippen LogP contribution in [0.2, 0.25) is 0 Å². The normalized spacial score (nSPS) is 35.3. The van der Waals surface area contributed by atoms with Crippen LogP contribution >= 0.6 is 0 Å². The van der Waals surface area contributed by atoms with E-state index in [1.165, 1.54) is 82.6 Å². The second kappa shape index (κ2) is 7.50. The molecule has 7 nitrogen and oxygen atoms in total. The maximum atomic E-state index is 12.4. The molecular formula is C23H31N3O4. The summed E-state index contributed by atoms with van der Waals surface area (Å²) in [6.45, 7) is 0. The molecule has 1 amide bonds. The topological polar surface area (TPSA) is 97.7 Å². The van der Waals surface area contributed by atoms with Gasteiger partial charge in [-0.05, 0) is 92.4 Å². The molecule has 6 rings (SSSR count). The summed E-state index contributed by atoms with van der Waals surface area (Å²) >= 11 is 0. The molecule has 4 bridgehead atoms. The zero-order valence-corrected chi connectivity index (χ0v) is 17.5. The van der Waals surface area contributed by atoms with Crippen LogP contribution in [0, 0.1) is 38.7 Å². The van der Waals surface area contributed by atoms with Crippen molar-refractivity contribution in [1.82, 2.24) is 5.43 Å². The van der Waals surface area contributed by atoms with Gasteiger partial charge in [-0.25, -0.2) is 5.43 Å². The summed E-state index contributed by atoms with van der Waals surface area (Å²) in [5, 5.41) is 14.6. The average molecular weight is 414 g/mol. The minimum absolute atomic E-state index is 0.0852. The molecule has 0 saturated heterocycles. The maximum absolute atomic E-state index is 12.4. The highest BCUT2D eigenvalue weighted by molar-refractivity contribution is 5.80. The second-order valence-electron chi connectivity index (χ2n) is 10.5. The zero-order valence-electron chi connectivity index (χ0n) is 17.5. The SMILES string of the molecule is O=C(CCC12CC3CC(C1)CC(C1CCCC1)(C3)C2)N/N=C/c1ccc([N+](=O)[O-])o1. The van der Waals surface area contributed by atoms with E-state index in [0.717, 1.165) is 24.2 Å². The Morgan fingerprint density at radius 3 is 2.63 bits per heavy atom. The summed E-state index contributed by atoms with van der Waals surface area (Å²) in [5.41, 5.74) is 3.50. The van der Waals surface area contributed by atoms with Crippen molar-refractivity contribution in [3.05, 3.63) is 28.0 Å². The summed E-state index contributed by atoms with van der Waals surface area (Å²) in [6, 6.07) is 2.74. The van der Waals surface area contributed by atoms with E-state index in [1.807, 2.05) is 0 Å². The number of rotatable bonds is 7. The quantitative estimate of drug-likeness (QED) is 0.377. The summed E-state index contributed by atoms with van der Waals surface area (Å²) in [5.74, 6) is 2.52. The maximum Gasteiger partial charge on any atom is 0.433 e. The minimum atomic E-state index is -0.597. The van der Waals surface area contributed by atoms with Crippen molar-refractivity contribution in [2.45, 2.75) is 77.0 Å². The number of nitrogens with zero attached hydrogens (tertiary/aromatic N) is 2. The number of hydrazone groups is 1. The van der Waals surface area contributed by atoms with Gasteiger partial charge in [-0.3, -0.25) is 14.9 Å². The molecule has 1 heterocycles. The number of carbonyl (C=O) groups is 1. The van der Waals surface area contributed by atoms with Crippen LogP contribution in [0.3, 0.4) is 0 Å². The minimum Gasteiger partial charge on any atom is -0.400 e. The predicted molar refractivity (Wildman–Crippen MR) is 112 cm³/mol. The molecule has 5 saturated carbocycles. The van der Waals surface area contributed by atoms with E-state index in [1.54, 1.807) is 0 Å². The average Bonchev–Trinajstić information content (AvgIpc) is 3.38. The molecule has 2 atom stereocenters. The summed E-state index contributed by atoms with van der Waals surface area (Å²) in [7, 11) is 0. The molecule has 7 heteroatoms. The van der Waals surface area contributed by atoms with Gasteiger partial charge in [-0.15, -0.1) is 0 Å². The Labute approximate surface area is 176 Å². The molecule has 0 aliphatic heterocycles. The molecule has 0 aromatic carbocycles. The van der Waals surface area contributed by atoms with E-state index in [-0.39, 0.29) is 17.6 Å². The van der Waals surface area contributed by atoms with Crippen LogP contribution in [0.4, 0.5) is 5.88 Å². The van der Waals surface area contributed by atoms with Crippen LogP contribution in [0.15, 0.2) is 21.7 Å². The van der Waals surface area contributed by atoms with Crippen LogP contribution < -0.4 is 5.43 Å². The standard InChI is InChI=1S/C23H31N3O4/c27-20(25-24-14-19-5-6-21(30-19)26(28)29)7-8-22-10-16-9-17(11-22)13-23(12-16,15-22)18-3-1-2-4-18/h5-6,14,16-18H,1-4,7-13,15H2,(H,25,27)/b24-14+. The lowest BCUT2D eigenvalue weighted by Crippen LogP contribution is -2.54. The number of hydrogen-bond donors (Lipinski definition) is 1. The number of nitro groups is 1. The second-order valence-corrected chi connectivity index (χ2v) is 10.5. The first-order valence-electron chi connectivity index (χ1n) is 11.5. The fourth-order valence-electron chi connectivity index (χ4n) is 7.95. The van der Waals surface area contributed by atoms with Gasteiger partial charge in [0.05, 0.1) is 12.3 Å². The lowest BCUT2D eigenvalue weighted by molar-refractivity contribution is -0.402. The molecule has 5 aliphatic carbocycles. The molecular weight excluding hydrogens is 382 g/mol. The number of amides is 1. The van der Waals surface area contributed by atoms with Gasteiger partial charge < -0.3 is 4.42 Å². The Hall–Kier alpha value is -2.18. The molecule has 1 N–H and O–H groups in total. The van der Waals surface area contributed by atoms with Gasteiger partial charge in [-0.1, -0.05) is 12.8 Å². The van der Waals surface area contributed by atoms with Gasteiger partial charge in [0.25, 0.3) is 0 Å². The lowest BCUT2D eigenvalue weighted by atomic mass is 9.41. The van der Waals surface area contributed by atoms with Crippen molar-refractivity contribution in [1.29, 1.82) is 0 Å². The van der Waals surface area contributed by atoms with Crippen LogP contribution in [-0.2, 0) is 4.79 Å². The van der Waals surface area contributed by atoms with Crippen LogP contribution in [-0.4, -0.2) is 17.0 Å². The van der Waals surface area contributed by atoms with Crippen LogP contribution in [0.25, 0.3) is 0 Å². The first-order chi connectivity index (χ1) is 14.5. The Kier molecular flexibility index (Phi) is 4.94. The van der Waals surface area contributed by atoms with Gasteiger partial charge in [0.1, 0.15) is 4.92 Å². The molecule has 1 aromatic rings. The summed E-state index contributed by atoms with van der Waals surface area (Å²) in [6.07, 6.45) is 16.7. The zero-order chi connectivity index (χ0) is 20.8.